The van der Waals surface area contributed by atoms with Crippen LogP contribution in [0.25, 0.3) is 0 Å². The second-order valence-corrected chi connectivity index (χ2v) is 4.44. The zero-order valence-corrected chi connectivity index (χ0v) is 11.6. The zero-order chi connectivity index (χ0) is 13.4. The van der Waals surface area contributed by atoms with E-state index >= 15 is 0 Å². The van der Waals surface area contributed by atoms with Gasteiger partial charge in [-0.15, -0.1) is 0 Å². The summed E-state index contributed by atoms with van der Waals surface area (Å²) in [5, 5.41) is 0.555. The van der Waals surface area contributed by atoms with Crippen LogP contribution in [0.4, 0.5) is 0 Å². The molecule has 0 aliphatic heterocycles. The second kappa shape index (κ2) is 8.25. The molecule has 1 aromatic rings. The van der Waals surface area contributed by atoms with Gasteiger partial charge in [0.05, 0.1) is 13.2 Å². The van der Waals surface area contributed by atoms with Gasteiger partial charge in [-0.25, -0.2) is 0 Å². The van der Waals surface area contributed by atoms with Crippen LogP contribution in [-0.2, 0) is 9.47 Å². The predicted molar refractivity (Wildman–Crippen MR) is 72.3 cm³/mol. The molecule has 3 nitrogen and oxygen atoms in total. The number of carbonyl (C=O) groups excluding carboxylic acids is 1. The first kappa shape index (κ1) is 15.2. The van der Waals surface area contributed by atoms with Crippen LogP contribution in [0.5, 0.6) is 0 Å². The van der Waals surface area contributed by atoms with E-state index in [1.165, 1.54) is 0 Å². The highest BCUT2D eigenvalue weighted by molar-refractivity contribution is 6.31. The van der Waals surface area contributed by atoms with E-state index in [1.807, 2.05) is 6.92 Å². The van der Waals surface area contributed by atoms with Crippen LogP contribution >= 0.6 is 11.6 Å². The fourth-order valence-electron chi connectivity index (χ4n) is 1.48. The Bertz CT molecular complexity index is 379. The Morgan fingerprint density at radius 3 is 2.78 bits per heavy atom. The monoisotopic (exact) mass is 270 g/mol. The predicted octanol–water partition coefficient (Wildman–Crippen LogP) is 3.35. The molecule has 0 amide bonds. The van der Waals surface area contributed by atoms with E-state index in [-0.39, 0.29) is 5.78 Å². The molecule has 1 rings (SSSR count). The third-order valence-corrected chi connectivity index (χ3v) is 2.66. The van der Waals surface area contributed by atoms with Crippen LogP contribution in [-0.4, -0.2) is 31.7 Å². The number of carbonyl (C=O) groups is 1. The van der Waals surface area contributed by atoms with Gasteiger partial charge in [0.2, 0.25) is 0 Å². The number of hydrogen-bond donors (Lipinski definition) is 0. The lowest BCUT2D eigenvalue weighted by Crippen LogP contribution is -2.23. The first-order chi connectivity index (χ1) is 8.65. The van der Waals surface area contributed by atoms with Crippen LogP contribution in [0.2, 0.25) is 5.02 Å². The van der Waals surface area contributed by atoms with Gasteiger partial charge in [0, 0.05) is 17.2 Å². The average Bonchev–Trinajstić information content (AvgIpc) is 2.37. The summed E-state index contributed by atoms with van der Waals surface area (Å²) in [7, 11) is 0. The van der Waals surface area contributed by atoms with Crippen molar-refractivity contribution >= 4 is 17.4 Å². The molecule has 18 heavy (non-hydrogen) atoms. The first-order valence-electron chi connectivity index (χ1n) is 6.14. The van der Waals surface area contributed by atoms with Crippen LogP contribution in [0, 0.1) is 0 Å². The Hall–Kier alpha value is -0.900. The molecule has 0 aliphatic carbocycles. The number of hydrogen-bond acceptors (Lipinski definition) is 3. The van der Waals surface area contributed by atoms with Crippen LogP contribution in [0.15, 0.2) is 24.3 Å². The quantitative estimate of drug-likeness (QED) is 0.537. The van der Waals surface area contributed by atoms with Crippen molar-refractivity contribution in [2.45, 2.75) is 26.4 Å². The SMILES string of the molecule is CCCOCCOC(C)C(=O)c1cccc(Cl)c1. The van der Waals surface area contributed by atoms with Gasteiger partial charge in [0.25, 0.3) is 0 Å². The van der Waals surface area contributed by atoms with Crippen molar-refractivity contribution in [2.24, 2.45) is 0 Å². The van der Waals surface area contributed by atoms with E-state index in [9.17, 15) is 4.79 Å². The largest absolute Gasteiger partial charge is 0.379 e. The van der Waals surface area contributed by atoms with Gasteiger partial charge in [-0.1, -0.05) is 30.7 Å². The molecule has 1 atom stereocenters. The maximum absolute atomic E-state index is 12.0. The molecule has 0 bridgehead atoms. The number of ether oxygens (including phenoxy) is 2. The van der Waals surface area contributed by atoms with E-state index in [0.717, 1.165) is 13.0 Å². The molecule has 0 aliphatic rings. The summed E-state index contributed by atoms with van der Waals surface area (Å²) in [5.74, 6) is -0.0620. The topological polar surface area (TPSA) is 35.5 Å². The summed E-state index contributed by atoms with van der Waals surface area (Å²) in [4.78, 5) is 12.0. The lowest BCUT2D eigenvalue weighted by molar-refractivity contribution is 0.0150. The summed E-state index contributed by atoms with van der Waals surface area (Å²) in [6.45, 7) is 5.45. The first-order valence-corrected chi connectivity index (χ1v) is 6.52. The average molecular weight is 271 g/mol. The third-order valence-electron chi connectivity index (χ3n) is 2.42. The molecule has 4 heteroatoms. The van der Waals surface area contributed by atoms with Gasteiger partial charge < -0.3 is 9.47 Å². The maximum Gasteiger partial charge on any atom is 0.191 e. The van der Waals surface area contributed by atoms with E-state index in [0.29, 0.717) is 23.8 Å². The highest BCUT2D eigenvalue weighted by Gasteiger charge is 2.15. The van der Waals surface area contributed by atoms with Gasteiger partial charge in [0.1, 0.15) is 6.10 Å². The van der Waals surface area contributed by atoms with Crippen molar-refractivity contribution in [1.82, 2.24) is 0 Å². The fourth-order valence-corrected chi connectivity index (χ4v) is 1.67. The molecule has 0 saturated heterocycles. The standard InChI is InChI=1S/C14H19ClO3/c1-3-7-17-8-9-18-11(2)14(16)12-5-4-6-13(15)10-12/h4-6,10-11H,3,7-9H2,1-2H3. The molecule has 100 valence electrons. The normalized spacial score (nSPS) is 12.4. The summed E-state index contributed by atoms with van der Waals surface area (Å²) in [6, 6.07) is 6.88. The second-order valence-electron chi connectivity index (χ2n) is 4.00. The van der Waals surface area contributed by atoms with Crippen molar-refractivity contribution in [3.63, 3.8) is 0 Å². The molecule has 0 spiro atoms. The Kier molecular flexibility index (Phi) is 6.94. The summed E-state index contributed by atoms with van der Waals surface area (Å²) in [6.07, 6.45) is 0.505. The lowest BCUT2D eigenvalue weighted by atomic mass is 10.1. The van der Waals surface area contributed by atoms with Gasteiger partial charge in [-0.05, 0) is 25.5 Å². The highest BCUT2D eigenvalue weighted by Crippen LogP contribution is 2.13. The van der Waals surface area contributed by atoms with Crippen LogP contribution in [0.3, 0.4) is 0 Å². The number of Topliss-reactive ketones (excluding diaryl/α,β-unsaturated/α-hetero) is 1. The van der Waals surface area contributed by atoms with Crippen molar-refractivity contribution in [1.29, 1.82) is 0 Å². The van der Waals surface area contributed by atoms with Crippen molar-refractivity contribution < 1.29 is 14.3 Å². The van der Waals surface area contributed by atoms with Gasteiger partial charge in [0.15, 0.2) is 5.78 Å². The minimum Gasteiger partial charge on any atom is -0.379 e. The van der Waals surface area contributed by atoms with Crippen LogP contribution < -0.4 is 0 Å². The minimum absolute atomic E-state index is 0.0620. The smallest absolute Gasteiger partial charge is 0.191 e. The van der Waals surface area contributed by atoms with Gasteiger partial charge in [-0.3, -0.25) is 4.79 Å². The number of ketones is 1. The molecular weight excluding hydrogens is 252 g/mol. The van der Waals surface area contributed by atoms with E-state index in [4.69, 9.17) is 21.1 Å². The Morgan fingerprint density at radius 2 is 2.11 bits per heavy atom. The molecule has 0 fully saturated rings. The summed E-state index contributed by atoms with van der Waals surface area (Å²) < 4.78 is 10.7. The summed E-state index contributed by atoms with van der Waals surface area (Å²) in [5.41, 5.74) is 0.574. The van der Waals surface area contributed by atoms with E-state index in [2.05, 4.69) is 0 Å². The van der Waals surface area contributed by atoms with Crippen molar-refractivity contribution in [3.8, 4) is 0 Å². The van der Waals surface area contributed by atoms with E-state index in [1.54, 1.807) is 31.2 Å². The van der Waals surface area contributed by atoms with E-state index < -0.39 is 6.10 Å². The number of benzene rings is 1. The molecule has 1 unspecified atom stereocenters. The van der Waals surface area contributed by atoms with Crippen molar-refractivity contribution in [3.05, 3.63) is 34.9 Å². The minimum atomic E-state index is -0.478. The highest BCUT2D eigenvalue weighted by atomic mass is 35.5. The molecule has 0 saturated carbocycles. The van der Waals surface area contributed by atoms with Gasteiger partial charge in [-0.2, -0.15) is 0 Å². The molecule has 1 aromatic carbocycles. The lowest BCUT2D eigenvalue weighted by Gasteiger charge is -2.12. The molecule has 0 aromatic heterocycles. The Morgan fingerprint density at radius 1 is 1.33 bits per heavy atom. The molecular formula is C14H19ClO3. The molecule has 0 radical (unpaired) electrons. The Balaban J connectivity index is 2.37. The molecule has 0 heterocycles. The number of halogens is 1. The number of rotatable bonds is 8. The van der Waals surface area contributed by atoms with Crippen LogP contribution in [0.1, 0.15) is 30.6 Å². The van der Waals surface area contributed by atoms with Gasteiger partial charge >= 0.3 is 0 Å². The van der Waals surface area contributed by atoms with Crippen molar-refractivity contribution in [2.75, 3.05) is 19.8 Å². The zero-order valence-electron chi connectivity index (χ0n) is 10.8. The fraction of sp³-hybridized carbons (Fsp3) is 0.500. The summed E-state index contributed by atoms with van der Waals surface area (Å²) >= 11 is 5.84. The molecule has 0 N–H and O–H groups in total. The maximum atomic E-state index is 12.0. The third kappa shape index (κ3) is 5.17. The Labute approximate surface area is 113 Å².